The zero-order chi connectivity index (χ0) is 8.81. The molecule has 0 radical (unpaired) electrons. The number of carbonyl (C=O) groups excluding carboxylic acids is 1. The first-order chi connectivity index (χ1) is 5.84. The second kappa shape index (κ2) is 4.56. The van der Waals surface area contributed by atoms with E-state index in [1.54, 1.807) is 7.11 Å². The van der Waals surface area contributed by atoms with Crippen LogP contribution in [0.4, 0.5) is 0 Å². The summed E-state index contributed by atoms with van der Waals surface area (Å²) < 4.78 is 4.76. The number of carbonyl (C=O) groups is 1. The third-order valence-electron chi connectivity index (χ3n) is 1.38. The van der Waals surface area contributed by atoms with Gasteiger partial charge in [0, 0.05) is 25.9 Å². The van der Waals surface area contributed by atoms with E-state index < -0.39 is 0 Å². The van der Waals surface area contributed by atoms with Crippen LogP contribution in [0, 0.1) is 0 Å². The molecule has 1 heterocycles. The maximum atomic E-state index is 11.2. The summed E-state index contributed by atoms with van der Waals surface area (Å²) in [5.74, 6) is -0.0371. The van der Waals surface area contributed by atoms with Gasteiger partial charge in [0.15, 0.2) is 5.78 Å². The minimum Gasteiger partial charge on any atom is -0.384 e. The Morgan fingerprint density at radius 1 is 1.58 bits per heavy atom. The molecule has 0 amide bonds. The molecule has 0 bridgehead atoms. The standard InChI is InChI=1S/C8H10N2O2/c1-12-5-2-8(11)7-6-9-3-4-10-7/h3-4,6H,2,5H2,1H3. The molecule has 0 atom stereocenters. The van der Waals surface area contributed by atoms with Gasteiger partial charge in [0.25, 0.3) is 0 Å². The van der Waals surface area contributed by atoms with Crippen LogP contribution in [-0.2, 0) is 4.74 Å². The molecule has 0 N–H and O–H groups in total. The number of aromatic nitrogens is 2. The Bertz CT molecular complexity index is 248. The fourth-order valence-corrected chi connectivity index (χ4v) is 0.766. The molecule has 4 nitrogen and oxygen atoms in total. The van der Waals surface area contributed by atoms with E-state index in [0.717, 1.165) is 0 Å². The molecule has 0 spiro atoms. The van der Waals surface area contributed by atoms with Gasteiger partial charge in [-0.15, -0.1) is 0 Å². The summed E-state index contributed by atoms with van der Waals surface area (Å²) in [6.07, 6.45) is 4.85. The highest BCUT2D eigenvalue weighted by molar-refractivity contribution is 5.93. The van der Waals surface area contributed by atoms with E-state index in [9.17, 15) is 4.79 Å². The molecule has 12 heavy (non-hydrogen) atoms. The predicted molar refractivity (Wildman–Crippen MR) is 42.9 cm³/mol. The van der Waals surface area contributed by atoms with Crippen LogP contribution in [0.5, 0.6) is 0 Å². The lowest BCUT2D eigenvalue weighted by Gasteiger charge is -1.97. The second-order valence-electron chi connectivity index (χ2n) is 2.26. The maximum absolute atomic E-state index is 11.2. The summed E-state index contributed by atoms with van der Waals surface area (Å²) in [7, 11) is 1.56. The second-order valence-corrected chi connectivity index (χ2v) is 2.26. The lowest BCUT2D eigenvalue weighted by molar-refractivity contribution is 0.0927. The van der Waals surface area contributed by atoms with E-state index in [-0.39, 0.29) is 5.78 Å². The number of methoxy groups -OCH3 is 1. The maximum Gasteiger partial charge on any atom is 0.185 e. The molecule has 0 aliphatic rings. The van der Waals surface area contributed by atoms with Crippen molar-refractivity contribution in [2.45, 2.75) is 6.42 Å². The van der Waals surface area contributed by atoms with Crippen molar-refractivity contribution >= 4 is 5.78 Å². The van der Waals surface area contributed by atoms with Gasteiger partial charge in [-0.05, 0) is 0 Å². The topological polar surface area (TPSA) is 52.1 Å². The molecule has 64 valence electrons. The molecule has 0 aliphatic heterocycles. The molecule has 0 aliphatic carbocycles. The highest BCUT2D eigenvalue weighted by Crippen LogP contribution is 1.96. The molecule has 4 heteroatoms. The predicted octanol–water partition coefficient (Wildman–Crippen LogP) is 0.696. The first-order valence-electron chi connectivity index (χ1n) is 3.62. The average Bonchev–Trinajstić information content (AvgIpc) is 2.15. The third kappa shape index (κ3) is 2.39. The molecule has 1 aromatic rings. The molecule has 0 fully saturated rings. The Morgan fingerprint density at radius 2 is 2.42 bits per heavy atom. The van der Waals surface area contributed by atoms with Crippen LogP contribution in [0.3, 0.4) is 0 Å². The Hall–Kier alpha value is -1.29. The Labute approximate surface area is 70.6 Å². The number of rotatable bonds is 4. The smallest absolute Gasteiger partial charge is 0.185 e. The Kier molecular flexibility index (Phi) is 3.35. The van der Waals surface area contributed by atoms with E-state index in [1.165, 1.54) is 18.6 Å². The van der Waals surface area contributed by atoms with Crippen molar-refractivity contribution in [2.24, 2.45) is 0 Å². The van der Waals surface area contributed by atoms with Gasteiger partial charge in [-0.1, -0.05) is 0 Å². The van der Waals surface area contributed by atoms with Gasteiger partial charge in [-0.2, -0.15) is 0 Å². The molecule has 0 unspecified atom stereocenters. The lowest BCUT2D eigenvalue weighted by atomic mass is 10.2. The minimum absolute atomic E-state index is 0.0371. The van der Waals surface area contributed by atoms with Gasteiger partial charge in [0.2, 0.25) is 0 Å². The number of nitrogens with zero attached hydrogens (tertiary/aromatic N) is 2. The fourth-order valence-electron chi connectivity index (χ4n) is 0.766. The van der Waals surface area contributed by atoms with E-state index in [0.29, 0.717) is 18.7 Å². The molecule has 0 aromatic carbocycles. The number of hydrogen-bond acceptors (Lipinski definition) is 4. The van der Waals surface area contributed by atoms with Gasteiger partial charge >= 0.3 is 0 Å². The summed E-state index contributed by atoms with van der Waals surface area (Å²) >= 11 is 0. The molecule has 0 saturated carbocycles. The largest absolute Gasteiger partial charge is 0.384 e. The summed E-state index contributed by atoms with van der Waals surface area (Å²) in [5.41, 5.74) is 0.398. The SMILES string of the molecule is COCCC(=O)c1cnccn1. The number of ketones is 1. The third-order valence-corrected chi connectivity index (χ3v) is 1.38. The van der Waals surface area contributed by atoms with Crippen LogP contribution in [0.1, 0.15) is 16.9 Å². The normalized spacial score (nSPS) is 9.75. The zero-order valence-corrected chi connectivity index (χ0v) is 6.86. The molecule has 0 saturated heterocycles. The van der Waals surface area contributed by atoms with Crippen LogP contribution in [0.15, 0.2) is 18.6 Å². The van der Waals surface area contributed by atoms with Crippen molar-refractivity contribution < 1.29 is 9.53 Å². The quantitative estimate of drug-likeness (QED) is 0.618. The molecule has 1 rings (SSSR count). The van der Waals surface area contributed by atoms with Gasteiger partial charge in [0.05, 0.1) is 12.8 Å². The van der Waals surface area contributed by atoms with Gasteiger partial charge in [0.1, 0.15) is 5.69 Å². The van der Waals surface area contributed by atoms with Crippen molar-refractivity contribution in [3.05, 3.63) is 24.3 Å². The van der Waals surface area contributed by atoms with Crippen LogP contribution >= 0.6 is 0 Å². The molecular formula is C8H10N2O2. The summed E-state index contributed by atoms with van der Waals surface area (Å²) in [6, 6.07) is 0. The average molecular weight is 166 g/mol. The zero-order valence-electron chi connectivity index (χ0n) is 6.86. The summed E-state index contributed by atoms with van der Waals surface area (Å²) in [6.45, 7) is 0.426. The minimum atomic E-state index is -0.0371. The van der Waals surface area contributed by atoms with Crippen molar-refractivity contribution in [1.82, 2.24) is 9.97 Å². The summed E-state index contributed by atoms with van der Waals surface area (Å²) in [4.78, 5) is 18.9. The first-order valence-corrected chi connectivity index (χ1v) is 3.62. The van der Waals surface area contributed by atoms with Crippen molar-refractivity contribution in [2.75, 3.05) is 13.7 Å². The number of hydrogen-bond donors (Lipinski definition) is 0. The van der Waals surface area contributed by atoms with Gasteiger partial charge in [-0.25, -0.2) is 4.98 Å². The first kappa shape index (κ1) is 8.80. The van der Waals surface area contributed by atoms with Crippen molar-refractivity contribution in [3.8, 4) is 0 Å². The fraction of sp³-hybridized carbons (Fsp3) is 0.375. The number of Topliss-reactive ketones (excluding diaryl/α,β-unsaturated/α-hetero) is 1. The lowest BCUT2D eigenvalue weighted by Crippen LogP contribution is -2.05. The summed E-state index contributed by atoms with van der Waals surface area (Å²) in [5, 5.41) is 0. The van der Waals surface area contributed by atoms with Crippen LogP contribution in [0.25, 0.3) is 0 Å². The van der Waals surface area contributed by atoms with E-state index >= 15 is 0 Å². The number of ether oxygens (including phenoxy) is 1. The van der Waals surface area contributed by atoms with Crippen molar-refractivity contribution in [3.63, 3.8) is 0 Å². The molecule has 1 aromatic heterocycles. The van der Waals surface area contributed by atoms with Gasteiger partial charge in [-0.3, -0.25) is 9.78 Å². The van der Waals surface area contributed by atoms with E-state index in [2.05, 4.69) is 9.97 Å². The van der Waals surface area contributed by atoms with Crippen molar-refractivity contribution in [1.29, 1.82) is 0 Å². The molecular weight excluding hydrogens is 156 g/mol. The highest BCUT2D eigenvalue weighted by Gasteiger charge is 2.05. The van der Waals surface area contributed by atoms with Crippen LogP contribution in [0.2, 0.25) is 0 Å². The monoisotopic (exact) mass is 166 g/mol. The van der Waals surface area contributed by atoms with Crippen LogP contribution in [-0.4, -0.2) is 29.5 Å². The van der Waals surface area contributed by atoms with Crippen LogP contribution < -0.4 is 0 Å². The Balaban J connectivity index is 2.54. The highest BCUT2D eigenvalue weighted by atomic mass is 16.5. The van der Waals surface area contributed by atoms with Gasteiger partial charge < -0.3 is 4.74 Å². The van der Waals surface area contributed by atoms with E-state index in [4.69, 9.17) is 4.74 Å². The van der Waals surface area contributed by atoms with E-state index in [1.807, 2.05) is 0 Å². The Morgan fingerprint density at radius 3 is 3.00 bits per heavy atom.